The normalized spacial score (nSPS) is 32.0. The fourth-order valence-electron chi connectivity index (χ4n) is 2.21. The summed E-state index contributed by atoms with van der Waals surface area (Å²) in [5.74, 6) is 0.656. The third kappa shape index (κ3) is 3.80. The lowest BCUT2D eigenvalue weighted by atomic mass is 9.85. The Morgan fingerprint density at radius 3 is 2.73 bits per heavy atom. The van der Waals surface area contributed by atoms with Crippen LogP contribution in [0.1, 0.15) is 26.2 Å². The molecule has 0 amide bonds. The molecule has 0 radical (unpaired) electrons. The van der Waals surface area contributed by atoms with Crippen molar-refractivity contribution in [2.45, 2.75) is 38.4 Å². The van der Waals surface area contributed by atoms with Crippen molar-refractivity contribution in [2.24, 2.45) is 5.92 Å². The van der Waals surface area contributed by atoms with E-state index in [0.717, 1.165) is 12.8 Å². The number of hydrogen-bond donors (Lipinski definition) is 0. The minimum atomic E-state index is 0.236. The average molecular weight is 210 g/mol. The quantitative estimate of drug-likeness (QED) is 0.649. The minimum absolute atomic E-state index is 0.236. The highest BCUT2D eigenvalue weighted by Gasteiger charge is 2.29. The van der Waals surface area contributed by atoms with Gasteiger partial charge in [0.2, 0.25) is 0 Å². The fourth-order valence-corrected chi connectivity index (χ4v) is 2.21. The summed E-state index contributed by atoms with van der Waals surface area (Å²) in [6.07, 6.45) is 10.0. The predicted octanol–water partition coefficient (Wildman–Crippen LogP) is 2.95. The Bertz CT molecular complexity index is 211. The number of hydrogen-bond acceptors (Lipinski definition) is 2. The molecule has 3 unspecified atom stereocenters. The van der Waals surface area contributed by atoms with E-state index in [1.165, 1.54) is 6.42 Å². The predicted molar refractivity (Wildman–Crippen MR) is 62.9 cm³/mol. The molecular weight excluding hydrogens is 188 g/mol. The first-order valence-corrected chi connectivity index (χ1v) is 5.70. The van der Waals surface area contributed by atoms with Gasteiger partial charge in [0.05, 0.1) is 18.8 Å². The first kappa shape index (κ1) is 12.5. The highest BCUT2D eigenvalue weighted by molar-refractivity contribution is 4.93. The second-order valence-corrected chi connectivity index (χ2v) is 4.03. The van der Waals surface area contributed by atoms with Crippen molar-refractivity contribution in [1.82, 2.24) is 0 Å². The van der Waals surface area contributed by atoms with Crippen LogP contribution in [0.25, 0.3) is 0 Å². The molecule has 0 aromatic rings. The molecule has 0 N–H and O–H groups in total. The molecule has 2 heteroatoms. The standard InChI is InChI=1S/C13H22O2/c1-4-6-11-7-8-12(15-9-5-2)13(10-11)14-3/h4-6,11-13H,2,7-10H2,1,3H3. The summed E-state index contributed by atoms with van der Waals surface area (Å²) in [6.45, 7) is 6.36. The van der Waals surface area contributed by atoms with Gasteiger partial charge in [-0.3, -0.25) is 0 Å². The highest BCUT2D eigenvalue weighted by Crippen LogP contribution is 2.29. The van der Waals surface area contributed by atoms with Gasteiger partial charge in [0.25, 0.3) is 0 Å². The Labute approximate surface area is 93.0 Å². The van der Waals surface area contributed by atoms with Crippen molar-refractivity contribution in [3.63, 3.8) is 0 Å². The lowest BCUT2D eigenvalue weighted by molar-refractivity contribution is -0.0757. The van der Waals surface area contributed by atoms with Gasteiger partial charge < -0.3 is 9.47 Å². The van der Waals surface area contributed by atoms with Crippen LogP contribution in [-0.4, -0.2) is 25.9 Å². The molecule has 0 heterocycles. The Hall–Kier alpha value is -0.600. The van der Waals surface area contributed by atoms with Gasteiger partial charge in [-0.1, -0.05) is 18.2 Å². The van der Waals surface area contributed by atoms with Gasteiger partial charge in [0, 0.05) is 7.11 Å². The fraction of sp³-hybridized carbons (Fsp3) is 0.692. The van der Waals surface area contributed by atoms with Gasteiger partial charge in [-0.05, 0) is 32.1 Å². The Kier molecular flexibility index (Phi) is 5.66. The van der Waals surface area contributed by atoms with E-state index in [9.17, 15) is 0 Å². The van der Waals surface area contributed by atoms with Crippen molar-refractivity contribution < 1.29 is 9.47 Å². The van der Waals surface area contributed by atoms with Gasteiger partial charge in [-0.15, -0.1) is 6.58 Å². The van der Waals surface area contributed by atoms with Crippen molar-refractivity contribution in [3.8, 4) is 0 Å². The van der Waals surface area contributed by atoms with Crippen LogP contribution in [-0.2, 0) is 9.47 Å². The smallest absolute Gasteiger partial charge is 0.0841 e. The molecule has 0 aromatic carbocycles. The van der Waals surface area contributed by atoms with Gasteiger partial charge in [0.15, 0.2) is 0 Å². The molecule has 2 nitrogen and oxygen atoms in total. The van der Waals surface area contributed by atoms with Crippen LogP contribution in [0, 0.1) is 5.92 Å². The highest BCUT2D eigenvalue weighted by atomic mass is 16.5. The van der Waals surface area contributed by atoms with E-state index >= 15 is 0 Å². The van der Waals surface area contributed by atoms with E-state index in [1.807, 2.05) is 0 Å². The SMILES string of the molecule is C=CCOC1CCC(C=CC)CC1OC. The van der Waals surface area contributed by atoms with Crippen molar-refractivity contribution >= 4 is 0 Å². The van der Waals surface area contributed by atoms with Crippen LogP contribution in [0.2, 0.25) is 0 Å². The van der Waals surface area contributed by atoms with E-state index < -0.39 is 0 Å². The van der Waals surface area contributed by atoms with Crippen molar-refractivity contribution in [1.29, 1.82) is 0 Å². The monoisotopic (exact) mass is 210 g/mol. The zero-order valence-electron chi connectivity index (χ0n) is 9.82. The number of allylic oxidation sites excluding steroid dienone is 2. The Balaban J connectivity index is 2.44. The Morgan fingerprint density at radius 2 is 2.13 bits per heavy atom. The second-order valence-electron chi connectivity index (χ2n) is 4.03. The molecule has 3 atom stereocenters. The van der Waals surface area contributed by atoms with Gasteiger partial charge in [0.1, 0.15) is 0 Å². The molecule has 0 aromatic heterocycles. The van der Waals surface area contributed by atoms with Gasteiger partial charge >= 0.3 is 0 Å². The van der Waals surface area contributed by atoms with Gasteiger partial charge in [-0.2, -0.15) is 0 Å². The lowest BCUT2D eigenvalue weighted by Gasteiger charge is -2.33. The summed E-state index contributed by atoms with van der Waals surface area (Å²) in [6, 6.07) is 0. The van der Waals surface area contributed by atoms with E-state index in [1.54, 1.807) is 13.2 Å². The van der Waals surface area contributed by atoms with E-state index in [-0.39, 0.29) is 12.2 Å². The summed E-state index contributed by atoms with van der Waals surface area (Å²) in [7, 11) is 1.77. The zero-order chi connectivity index (χ0) is 11.1. The molecule has 0 bridgehead atoms. The van der Waals surface area contributed by atoms with E-state index in [0.29, 0.717) is 12.5 Å². The average Bonchev–Trinajstić information content (AvgIpc) is 2.27. The van der Waals surface area contributed by atoms with Crippen molar-refractivity contribution in [3.05, 3.63) is 24.8 Å². The minimum Gasteiger partial charge on any atom is -0.379 e. The number of methoxy groups -OCH3 is 1. The summed E-state index contributed by atoms with van der Waals surface area (Å²) >= 11 is 0. The number of ether oxygens (including phenoxy) is 2. The van der Waals surface area contributed by atoms with Crippen LogP contribution >= 0.6 is 0 Å². The second kappa shape index (κ2) is 6.81. The maximum atomic E-state index is 5.69. The van der Waals surface area contributed by atoms with E-state index in [4.69, 9.17) is 9.47 Å². The molecule has 0 spiro atoms. The summed E-state index contributed by atoms with van der Waals surface area (Å²) in [5.41, 5.74) is 0. The summed E-state index contributed by atoms with van der Waals surface area (Å²) < 4.78 is 11.2. The van der Waals surface area contributed by atoms with Crippen LogP contribution in [0.15, 0.2) is 24.8 Å². The third-order valence-electron chi connectivity index (χ3n) is 2.97. The molecular formula is C13H22O2. The summed E-state index contributed by atoms with van der Waals surface area (Å²) in [5, 5.41) is 0. The topological polar surface area (TPSA) is 18.5 Å². The van der Waals surface area contributed by atoms with Crippen LogP contribution in [0.4, 0.5) is 0 Å². The lowest BCUT2D eigenvalue weighted by Crippen LogP contribution is -2.37. The molecule has 1 aliphatic rings. The molecule has 0 saturated heterocycles. The first-order chi connectivity index (χ1) is 7.31. The molecule has 86 valence electrons. The van der Waals surface area contributed by atoms with Crippen LogP contribution in [0.3, 0.4) is 0 Å². The molecule has 1 fully saturated rings. The first-order valence-electron chi connectivity index (χ1n) is 5.70. The number of rotatable bonds is 5. The Morgan fingerprint density at radius 1 is 1.33 bits per heavy atom. The van der Waals surface area contributed by atoms with Crippen molar-refractivity contribution in [2.75, 3.05) is 13.7 Å². The molecule has 15 heavy (non-hydrogen) atoms. The van der Waals surface area contributed by atoms with E-state index in [2.05, 4.69) is 25.7 Å². The largest absolute Gasteiger partial charge is 0.379 e. The molecule has 1 rings (SSSR count). The van der Waals surface area contributed by atoms with Crippen LogP contribution < -0.4 is 0 Å². The third-order valence-corrected chi connectivity index (χ3v) is 2.97. The zero-order valence-corrected chi connectivity index (χ0v) is 9.82. The maximum Gasteiger partial charge on any atom is 0.0841 e. The van der Waals surface area contributed by atoms with Gasteiger partial charge in [-0.25, -0.2) is 0 Å². The molecule has 1 aliphatic carbocycles. The summed E-state index contributed by atoms with van der Waals surface area (Å²) in [4.78, 5) is 0. The molecule has 1 saturated carbocycles. The van der Waals surface area contributed by atoms with Crippen LogP contribution in [0.5, 0.6) is 0 Å². The molecule has 0 aliphatic heterocycles. The maximum absolute atomic E-state index is 5.69.